The quantitative estimate of drug-likeness (QED) is 0.858. The monoisotopic (exact) mass is 332 g/mol. The fourth-order valence-corrected chi connectivity index (χ4v) is 2.93. The van der Waals surface area contributed by atoms with Crippen molar-refractivity contribution in [1.29, 1.82) is 0 Å². The van der Waals surface area contributed by atoms with Crippen LogP contribution in [0.5, 0.6) is 0 Å². The molecule has 0 N–H and O–H groups in total. The maximum absolute atomic E-state index is 14.0. The zero-order valence-electron chi connectivity index (χ0n) is 14.1. The van der Waals surface area contributed by atoms with Gasteiger partial charge < -0.3 is 9.64 Å². The Morgan fingerprint density at radius 2 is 2.21 bits per heavy atom. The molecule has 0 bridgehead atoms. The predicted octanol–water partition coefficient (Wildman–Crippen LogP) is 1.84. The number of hydrogen-bond acceptors (Lipinski definition) is 5. The second kappa shape index (κ2) is 6.68. The lowest BCUT2D eigenvalue weighted by Crippen LogP contribution is -2.50. The zero-order chi connectivity index (χ0) is 17.3. The summed E-state index contributed by atoms with van der Waals surface area (Å²) < 4.78 is 21.1. The third-order valence-corrected chi connectivity index (χ3v) is 4.35. The molecule has 2 aromatic heterocycles. The molecule has 7 heteroatoms. The van der Waals surface area contributed by atoms with Crippen LogP contribution in [0, 0.1) is 11.7 Å². The van der Waals surface area contributed by atoms with Crippen LogP contribution in [0.3, 0.4) is 0 Å². The highest BCUT2D eigenvalue weighted by Crippen LogP contribution is 2.25. The molecule has 2 aromatic rings. The van der Waals surface area contributed by atoms with Gasteiger partial charge in [0.15, 0.2) is 5.82 Å². The van der Waals surface area contributed by atoms with E-state index in [2.05, 4.69) is 28.7 Å². The van der Waals surface area contributed by atoms with Crippen molar-refractivity contribution in [2.24, 2.45) is 13.0 Å². The van der Waals surface area contributed by atoms with Gasteiger partial charge in [-0.1, -0.05) is 13.8 Å². The van der Waals surface area contributed by atoms with Gasteiger partial charge in [-0.05, 0) is 12.0 Å². The van der Waals surface area contributed by atoms with E-state index in [1.54, 1.807) is 7.05 Å². The molecule has 0 amide bonds. The van der Waals surface area contributed by atoms with E-state index in [9.17, 15) is 9.18 Å². The molecule has 3 rings (SSSR count). The lowest BCUT2D eigenvalue weighted by Gasteiger charge is -2.39. The lowest BCUT2D eigenvalue weighted by atomic mass is 10.0. The summed E-state index contributed by atoms with van der Waals surface area (Å²) in [5, 5.41) is 0. The van der Waals surface area contributed by atoms with E-state index in [-0.39, 0.29) is 17.2 Å². The number of aromatic nitrogens is 3. The third-order valence-electron chi connectivity index (χ3n) is 4.35. The van der Waals surface area contributed by atoms with Gasteiger partial charge in [0.2, 0.25) is 5.95 Å². The average molecular weight is 332 g/mol. The summed E-state index contributed by atoms with van der Waals surface area (Å²) in [6, 6.07) is 3.00. The number of nitrogens with zero attached hydrogens (tertiary/aromatic N) is 4. The first kappa shape index (κ1) is 16.6. The first-order chi connectivity index (χ1) is 11.5. The van der Waals surface area contributed by atoms with Gasteiger partial charge in [0.05, 0.1) is 31.1 Å². The first-order valence-electron chi connectivity index (χ1n) is 8.01. The minimum atomic E-state index is -0.494. The molecule has 0 radical (unpaired) electrons. The summed E-state index contributed by atoms with van der Waals surface area (Å²) in [6.07, 6.45) is 2.61. The summed E-state index contributed by atoms with van der Waals surface area (Å²) in [6.45, 7) is 6.02. The van der Waals surface area contributed by atoms with E-state index in [4.69, 9.17) is 4.74 Å². The molecule has 0 unspecified atom stereocenters. The number of halogens is 1. The van der Waals surface area contributed by atoms with Crippen LogP contribution in [-0.4, -0.2) is 40.3 Å². The van der Waals surface area contributed by atoms with Crippen LogP contribution >= 0.6 is 0 Å². The second-order valence-electron chi connectivity index (χ2n) is 6.27. The zero-order valence-corrected chi connectivity index (χ0v) is 14.1. The predicted molar refractivity (Wildman–Crippen MR) is 89.5 cm³/mol. The fourth-order valence-electron chi connectivity index (χ4n) is 2.93. The normalized spacial score (nSPS) is 18.2. The molecule has 128 valence electrons. The van der Waals surface area contributed by atoms with E-state index < -0.39 is 5.82 Å². The molecule has 0 aliphatic carbocycles. The van der Waals surface area contributed by atoms with Gasteiger partial charge in [-0.2, -0.15) is 0 Å². The Balaban J connectivity index is 2.11. The summed E-state index contributed by atoms with van der Waals surface area (Å²) in [7, 11) is 1.68. The van der Waals surface area contributed by atoms with Gasteiger partial charge in [0.1, 0.15) is 0 Å². The molecule has 0 saturated carbocycles. The van der Waals surface area contributed by atoms with Gasteiger partial charge in [-0.3, -0.25) is 14.3 Å². The molecule has 1 aliphatic heterocycles. The Kier molecular flexibility index (Phi) is 4.62. The van der Waals surface area contributed by atoms with Crippen molar-refractivity contribution < 1.29 is 9.13 Å². The van der Waals surface area contributed by atoms with Crippen molar-refractivity contribution in [3.05, 3.63) is 40.7 Å². The Morgan fingerprint density at radius 1 is 1.42 bits per heavy atom. The van der Waals surface area contributed by atoms with E-state index in [1.165, 1.54) is 22.9 Å². The van der Waals surface area contributed by atoms with Gasteiger partial charge in [0, 0.05) is 31.4 Å². The highest BCUT2D eigenvalue weighted by molar-refractivity contribution is 5.60. The molecular weight excluding hydrogens is 311 g/mol. The highest BCUT2D eigenvalue weighted by Gasteiger charge is 2.29. The molecule has 1 atom stereocenters. The molecule has 24 heavy (non-hydrogen) atoms. The van der Waals surface area contributed by atoms with Gasteiger partial charge >= 0.3 is 0 Å². The van der Waals surface area contributed by atoms with Crippen LogP contribution < -0.4 is 10.5 Å². The van der Waals surface area contributed by atoms with Crippen molar-refractivity contribution in [1.82, 2.24) is 14.5 Å². The van der Waals surface area contributed by atoms with Crippen LogP contribution in [0.15, 0.2) is 29.3 Å². The smallest absolute Gasteiger partial charge is 0.255 e. The largest absolute Gasteiger partial charge is 0.377 e. The van der Waals surface area contributed by atoms with Gasteiger partial charge in [0.25, 0.3) is 5.56 Å². The minimum Gasteiger partial charge on any atom is -0.377 e. The first-order valence-corrected chi connectivity index (χ1v) is 8.01. The van der Waals surface area contributed by atoms with Crippen LogP contribution in [0.25, 0.3) is 11.3 Å². The Labute approximate surface area is 139 Å². The van der Waals surface area contributed by atoms with Crippen LogP contribution in [0.4, 0.5) is 10.3 Å². The van der Waals surface area contributed by atoms with Crippen LogP contribution in [0.2, 0.25) is 0 Å². The fraction of sp³-hybridized carbons (Fsp3) is 0.471. The molecule has 3 heterocycles. The van der Waals surface area contributed by atoms with E-state index in [0.29, 0.717) is 37.3 Å². The SMILES string of the molecule is CC(C)[C@@H]1COCCN1c1nc(-c2ccncc2F)cc(=O)n1C. The summed E-state index contributed by atoms with van der Waals surface area (Å²) >= 11 is 0. The number of hydrogen-bond donors (Lipinski definition) is 0. The number of morpholine rings is 1. The topological polar surface area (TPSA) is 60.2 Å². The Morgan fingerprint density at radius 3 is 2.92 bits per heavy atom. The summed E-state index contributed by atoms with van der Waals surface area (Å²) in [5.41, 5.74) is 0.375. The third kappa shape index (κ3) is 3.03. The lowest BCUT2D eigenvalue weighted by molar-refractivity contribution is 0.0793. The highest BCUT2D eigenvalue weighted by atomic mass is 19.1. The molecule has 0 spiro atoms. The van der Waals surface area contributed by atoms with Crippen molar-refractivity contribution >= 4 is 5.95 Å². The second-order valence-corrected chi connectivity index (χ2v) is 6.27. The maximum atomic E-state index is 14.0. The van der Waals surface area contributed by atoms with Crippen molar-refractivity contribution in [3.63, 3.8) is 0 Å². The van der Waals surface area contributed by atoms with E-state index in [0.717, 1.165) is 6.20 Å². The van der Waals surface area contributed by atoms with Crippen molar-refractivity contribution in [2.45, 2.75) is 19.9 Å². The Bertz CT molecular complexity index is 790. The summed E-state index contributed by atoms with van der Waals surface area (Å²) in [4.78, 5) is 22.8. The standard InChI is InChI=1S/C17H21FN4O2/c1-11(2)15-10-24-7-6-22(15)17-20-14(8-16(23)21(17)3)12-4-5-19-9-13(12)18/h4-5,8-9,11,15H,6-7,10H2,1-3H3/t15-/m0/s1. The van der Waals surface area contributed by atoms with Crippen molar-refractivity contribution in [2.75, 3.05) is 24.7 Å². The van der Waals surface area contributed by atoms with Crippen molar-refractivity contribution in [3.8, 4) is 11.3 Å². The van der Waals surface area contributed by atoms with Gasteiger partial charge in [-0.25, -0.2) is 9.37 Å². The van der Waals surface area contributed by atoms with Gasteiger partial charge in [-0.15, -0.1) is 0 Å². The minimum absolute atomic E-state index is 0.120. The maximum Gasteiger partial charge on any atom is 0.255 e. The average Bonchev–Trinajstić information content (AvgIpc) is 2.57. The molecule has 1 aliphatic rings. The molecule has 1 saturated heterocycles. The van der Waals surface area contributed by atoms with Crippen LogP contribution in [-0.2, 0) is 11.8 Å². The number of anilines is 1. The number of ether oxygens (including phenoxy) is 1. The molecule has 6 nitrogen and oxygen atoms in total. The number of rotatable bonds is 3. The summed E-state index contributed by atoms with van der Waals surface area (Å²) in [5.74, 6) is 0.380. The molecule has 1 fully saturated rings. The van der Waals surface area contributed by atoms with E-state index >= 15 is 0 Å². The molecule has 0 aromatic carbocycles. The van der Waals surface area contributed by atoms with E-state index in [1.807, 2.05) is 0 Å². The Hall–Kier alpha value is -2.28. The molecular formula is C17H21FN4O2. The number of pyridine rings is 1. The van der Waals surface area contributed by atoms with Crippen LogP contribution in [0.1, 0.15) is 13.8 Å².